The van der Waals surface area contributed by atoms with Crippen LogP contribution in [-0.2, 0) is 6.42 Å². The second kappa shape index (κ2) is 6.04. The Kier molecular flexibility index (Phi) is 4.13. The summed E-state index contributed by atoms with van der Waals surface area (Å²) in [5.41, 5.74) is 3.20. The van der Waals surface area contributed by atoms with Gasteiger partial charge >= 0.3 is 0 Å². The van der Waals surface area contributed by atoms with E-state index >= 15 is 0 Å². The lowest BCUT2D eigenvalue weighted by atomic mass is 9.96. The fourth-order valence-electron chi connectivity index (χ4n) is 2.71. The first-order valence-electron chi connectivity index (χ1n) is 7.13. The van der Waals surface area contributed by atoms with Gasteiger partial charge in [-0.2, -0.15) is 0 Å². The predicted molar refractivity (Wildman–Crippen MR) is 82.6 cm³/mol. The Morgan fingerprint density at radius 2 is 2.00 bits per heavy atom. The zero-order valence-corrected chi connectivity index (χ0v) is 12.6. The summed E-state index contributed by atoms with van der Waals surface area (Å²) in [5.74, 6) is 0.567. The van der Waals surface area contributed by atoms with Crippen LogP contribution in [0.3, 0.4) is 0 Å². The summed E-state index contributed by atoms with van der Waals surface area (Å²) < 4.78 is 19.3. The maximum Gasteiger partial charge on any atom is 0.142 e. The van der Waals surface area contributed by atoms with E-state index in [2.05, 4.69) is 11.4 Å². The van der Waals surface area contributed by atoms with E-state index in [1.165, 1.54) is 11.6 Å². The van der Waals surface area contributed by atoms with Crippen LogP contribution in [0.2, 0.25) is 5.02 Å². The lowest BCUT2D eigenvalue weighted by Gasteiger charge is -2.20. The molecule has 1 aliphatic heterocycles. The second-order valence-corrected chi connectivity index (χ2v) is 5.54. The minimum absolute atomic E-state index is 0.0485. The molecule has 2 aromatic rings. The van der Waals surface area contributed by atoms with Gasteiger partial charge in [0.1, 0.15) is 11.6 Å². The first-order valence-corrected chi connectivity index (χ1v) is 7.51. The molecule has 0 aliphatic carbocycles. The number of nitrogens with one attached hydrogen (secondary N) is 1. The van der Waals surface area contributed by atoms with Gasteiger partial charge in [-0.1, -0.05) is 36.7 Å². The Balaban J connectivity index is 1.99. The molecule has 1 aliphatic rings. The standard InChI is InChI=1S/C17H17ClFNO/c1-2-20-17(13-3-5-14(18)15(19)10-13)12-4-6-16-11(9-12)7-8-21-16/h3-6,9-10,17,20H,2,7-8H2,1H3. The van der Waals surface area contributed by atoms with Crippen molar-refractivity contribution in [1.29, 1.82) is 0 Å². The van der Waals surface area contributed by atoms with Gasteiger partial charge in [0.05, 0.1) is 17.7 Å². The molecule has 4 heteroatoms. The first-order chi connectivity index (χ1) is 10.2. The summed E-state index contributed by atoms with van der Waals surface area (Å²) in [7, 11) is 0. The van der Waals surface area contributed by atoms with E-state index in [-0.39, 0.29) is 16.9 Å². The summed E-state index contributed by atoms with van der Waals surface area (Å²) in [4.78, 5) is 0. The third kappa shape index (κ3) is 2.89. The Hall–Kier alpha value is -1.58. The fraction of sp³-hybridized carbons (Fsp3) is 0.294. The average Bonchev–Trinajstić information content (AvgIpc) is 2.95. The Bertz CT molecular complexity index is 659. The molecule has 0 spiro atoms. The van der Waals surface area contributed by atoms with E-state index in [1.54, 1.807) is 6.07 Å². The molecule has 0 saturated carbocycles. The molecule has 0 aromatic heterocycles. The second-order valence-electron chi connectivity index (χ2n) is 5.13. The van der Waals surface area contributed by atoms with E-state index in [0.29, 0.717) is 0 Å². The lowest BCUT2D eigenvalue weighted by molar-refractivity contribution is 0.357. The van der Waals surface area contributed by atoms with Gasteiger partial charge in [-0.05, 0) is 41.4 Å². The van der Waals surface area contributed by atoms with Gasteiger partial charge in [0.25, 0.3) is 0 Å². The highest BCUT2D eigenvalue weighted by atomic mass is 35.5. The molecular weight excluding hydrogens is 289 g/mol. The van der Waals surface area contributed by atoms with Crippen LogP contribution in [0.5, 0.6) is 5.75 Å². The molecule has 1 N–H and O–H groups in total. The molecule has 2 aromatic carbocycles. The maximum atomic E-state index is 13.7. The Morgan fingerprint density at radius 3 is 2.76 bits per heavy atom. The fourth-order valence-corrected chi connectivity index (χ4v) is 2.83. The van der Waals surface area contributed by atoms with Gasteiger partial charge in [-0.15, -0.1) is 0 Å². The van der Waals surface area contributed by atoms with Crippen molar-refractivity contribution in [2.75, 3.05) is 13.2 Å². The largest absolute Gasteiger partial charge is 0.493 e. The molecule has 0 amide bonds. The van der Waals surface area contributed by atoms with Crippen molar-refractivity contribution < 1.29 is 9.13 Å². The zero-order chi connectivity index (χ0) is 14.8. The van der Waals surface area contributed by atoms with Crippen molar-refractivity contribution in [3.05, 3.63) is 63.9 Å². The summed E-state index contributed by atoms with van der Waals surface area (Å²) in [6.07, 6.45) is 0.928. The molecule has 0 radical (unpaired) electrons. The molecule has 1 atom stereocenters. The molecule has 1 heterocycles. The lowest BCUT2D eigenvalue weighted by Crippen LogP contribution is -2.22. The van der Waals surface area contributed by atoms with Crippen LogP contribution in [0.25, 0.3) is 0 Å². The van der Waals surface area contributed by atoms with Crippen LogP contribution in [0.4, 0.5) is 4.39 Å². The molecule has 2 nitrogen and oxygen atoms in total. The molecule has 21 heavy (non-hydrogen) atoms. The molecular formula is C17H17ClFNO. The third-order valence-electron chi connectivity index (χ3n) is 3.73. The Labute approximate surface area is 128 Å². The van der Waals surface area contributed by atoms with E-state index in [0.717, 1.165) is 36.4 Å². The molecule has 3 rings (SSSR count). The normalized spacial score (nSPS) is 14.6. The van der Waals surface area contributed by atoms with Crippen LogP contribution in [0, 0.1) is 5.82 Å². The van der Waals surface area contributed by atoms with Crippen LogP contribution in [0.1, 0.15) is 29.7 Å². The SMILES string of the molecule is CCNC(c1ccc(Cl)c(F)c1)c1ccc2c(c1)CCO2. The van der Waals surface area contributed by atoms with Crippen molar-refractivity contribution in [3.8, 4) is 5.75 Å². The van der Waals surface area contributed by atoms with Crippen LogP contribution in [0.15, 0.2) is 36.4 Å². The van der Waals surface area contributed by atoms with Crippen molar-refractivity contribution in [3.63, 3.8) is 0 Å². The van der Waals surface area contributed by atoms with E-state index < -0.39 is 0 Å². The summed E-state index contributed by atoms with van der Waals surface area (Å²) in [5, 5.41) is 3.55. The smallest absolute Gasteiger partial charge is 0.142 e. The maximum absolute atomic E-state index is 13.7. The highest BCUT2D eigenvalue weighted by molar-refractivity contribution is 6.30. The summed E-state index contributed by atoms with van der Waals surface area (Å²) in [6.45, 7) is 3.57. The summed E-state index contributed by atoms with van der Waals surface area (Å²) >= 11 is 5.77. The topological polar surface area (TPSA) is 21.3 Å². The number of ether oxygens (including phenoxy) is 1. The number of fused-ring (bicyclic) bond motifs is 1. The molecule has 0 saturated heterocycles. The van der Waals surface area contributed by atoms with E-state index in [1.807, 2.05) is 25.1 Å². The van der Waals surface area contributed by atoms with Gasteiger partial charge in [0.15, 0.2) is 0 Å². The molecule has 110 valence electrons. The van der Waals surface area contributed by atoms with Crippen molar-refractivity contribution in [2.45, 2.75) is 19.4 Å². The van der Waals surface area contributed by atoms with Gasteiger partial charge < -0.3 is 10.1 Å². The number of hydrogen-bond donors (Lipinski definition) is 1. The van der Waals surface area contributed by atoms with Gasteiger partial charge in [-0.3, -0.25) is 0 Å². The van der Waals surface area contributed by atoms with Gasteiger partial charge in [0, 0.05) is 6.42 Å². The third-order valence-corrected chi connectivity index (χ3v) is 4.04. The predicted octanol–water partition coefficient (Wildman–Crippen LogP) is 4.11. The number of rotatable bonds is 4. The number of benzene rings is 2. The van der Waals surface area contributed by atoms with Crippen LogP contribution in [-0.4, -0.2) is 13.2 Å². The Morgan fingerprint density at radius 1 is 1.24 bits per heavy atom. The van der Waals surface area contributed by atoms with E-state index in [9.17, 15) is 4.39 Å². The molecule has 1 unspecified atom stereocenters. The number of hydrogen-bond acceptors (Lipinski definition) is 2. The van der Waals surface area contributed by atoms with Crippen molar-refractivity contribution in [2.24, 2.45) is 0 Å². The number of halogens is 2. The van der Waals surface area contributed by atoms with Gasteiger partial charge in [0.2, 0.25) is 0 Å². The van der Waals surface area contributed by atoms with E-state index in [4.69, 9.17) is 16.3 Å². The molecule has 0 bridgehead atoms. The van der Waals surface area contributed by atoms with Gasteiger partial charge in [-0.25, -0.2) is 4.39 Å². The van der Waals surface area contributed by atoms with Crippen molar-refractivity contribution in [1.82, 2.24) is 5.32 Å². The zero-order valence-electron chi connectivity index (χ0n) is 11.8. The monoisotopic (exact) mass is 305 g/mol. The first kappa shape index (κ1) is 14.4. The molecule has 0 fully saturated rings. The quantitative estimate of drug-likeness (QED) is 0.917. The minimum Gasteiger partial charge on any atom is -0.493 e. The minimum atomic E-state index is -0.387. The van der Waals surface area contributed by atoms with Crippen molar-refractivity contribution >= 4 is 11.6 Å². The average molecular weight is 306 g/mol. The van der Waals surface area contributed by atoms with Crippen LogP contribution >= 0.6 is 11.6 Å². The summed E-state index contributed by atoms with van der Waals surface area (Å²) in [6, 6.07) is 11.1. The van der Waals surface area contributed by atoms with Crippen LogP contribution < -0.4 is 10.1 Å². The highest BCUT2D eigenvalue weighted by Crippen LogP contribution is 2.31. The highest BCUT2D eigenvalue weighted by Gasteiger charge is 2.18.